The Morgan fingerprint density at radius 3 is 2.46 bits per heavy atom. The summed E-state index contributed by atoms with van der Waals surface area (Å²) in [6, 6.07) is 14.3. The molecule has 0 atom stereocenters. The molecule has 2 aromatic carbocycles. The zero-order chi connectivity index (χ0) is 18.9. The highest BCUT2D eigenvalue weighted by atomic mass is 35.5. The molecule has 6 nitrogen and oxygen atoms in total. The van der Waals surface area contributed by atoms with Crippen LogP contribution in [0.15, 0.2) is 60.3 Å². The second-order valence-electron chi connectivity index (χ2n) is 5.14. The summed E-state index contributed by atoms with van der Waals surface area (Å²) < 4.78 is 14.9. The Kier molecular flexibility index (Phi) is 7.05. The Labute approximate surface area is 156 Å². The second-order valence-corrected chi connectivity index (χ2v) is 5.58. The predicted octanol–water partition coefficient (Wildman–Crippen LogP) is 3.56. The summed E-state index contributed by atoms with van der Waals surface area (Å²) in [6.45, 7) is 0.325. The lowest BCUT2D eigenvalue weighted by molar-refractivity contribution is -0.138. The van der Waals surface area contributed by atoms with Crippen molar-refractivity contribution >= 4 is 29.2 Å². The first-order valence-electron chi connectivity index (χ1n) is 7.64. The van der Waals surface area contributed by atoms with Crippen molar-refractivity contribution in [2.45, 2.75) is 6.61 Å². The fraction of sp³-hybridized carbons (Fsp3) is 0.158. The lowest BCUT2D eigenvalue weighted by atomic mass is 10.2. The van der Waals surface area contributed by atoms with Crippen molar-refractivity contribution in [1.29, 1.82) is 0 Å². The number of methoxy groups -OCH3 is 2. The molecule has 2 aromatic rings. The maximum atomic E-state index is 11.8. The maximum absolute atomic E-state index is 11.8. The molecule has 0 amide bonds. The van der Waals surface area contributed by atoms with Gasteiger partial charge in [-0.1, -0.05) is 23.7 Å². The molecule has 0 fully saturated rings. The van der Waals surface area contributed by atoms with E-state index in [2.05, 4.69) is 14.8 Å². The molecule has 2 rings (SSSR count). The number of carbonyl (C=O) groups is 2. The van der Waals surface area contributed by atoms with Gasteiger partial charge in [0.15, 0.2) is 0 Å². The molecule has 0 saturated carbocycles. The Balaban J connectivity index is 2.09. The van der Waals surface area contributed by atoms with E-state index in [0.29, 0.717) is 23.1 Å². The van der Waals surface area contributed by atoms with E-state index >= 15 is 0 Å². The molecule has 0 heterocycles. The summed E-state index contributed by atoms with van der Waals surface area (Å²) in [5, 5.41) is 3.49. The molecule has 0 aliphatic rings. The zero-order valence-corrected chi connectivity index (χ0v) is 15.1. The van der Waals surface area contributed by atoms with Crippen LogP contribution in [0.3, 0.4) is 0 Å². The van der Waals surface area contributed by atoms with Crippen LogP contribution in [0, 0.1) is 0 Å². The highest BCUT2D eigenvalue weighted by Crippen LogP contribution is 2.19. The van der Waals surface area contributed by atoms with Crippen LogP contribution in [0.25, 0.3) is 0 Å². The van der Waals surface area contributed by atoms with Gasteiger partial charge in [-0.3, -0.25) is 0 Å². The van der Waals surface area contributed by atoms with E-state index in [0.717, 1.165) is 11.6 Å². The van der Waals surface area contributed by atoms with Crippen LogP contribution >= 0.6 is 11.6 Å². The molecule has 0 unspecified atom stereocenters. The minimum absolute atomic E-state index is 0.0323. The first-order chi connectivity index (χ1) is 12.5. The monoisotopic (exact) mass is 375 g/mol. The summed E-state index contributed by atoms with van der Waals surface area (Å²) in [7, 11) is 2.45. The third kappa shape index (κ3) is 5.82. The molecule has 0 aliphatic carbocycles. The average Bonchev–Trinajstić information content (AvgIpc) is 2.66. The van der Waals surface area contributed by atoms with Gasteiger partial charge in [-0.05, 0) is 42.0 Å². The number of rotatable bonds is 7. The van der Waals surface area contributed by atoms with Crippen LogP contribution in [0.1, 0.15) is 5.56 Å². The third-order valence-electron chi connectivity index (χ3n) is 3.29. The smallest absolute Gasteiger partial charge is 0.354 e. The SMILES string of the molecule is COC(=O)/C=C(/Nc1cccc(COc2ccc(Cl)cc2)c1)C(=O)OC. The van der Waals surface area contributed by atoms with Gasteiger partial charge in [-0.25, -0.2) is 9.59 Å². The van der Waals surface area contributed by atoms with Gasteiger partial charge in [0.05, 0.1) is 20.3 Å². The Morgan fingerprint density at radius 2 is 1.81 bits per heavy atom. The van der Waals surface area contributed by atoms with Crippen molar-refractivity contribution in [2.75, 3.05) is 19.5 Å². The molecule has 0 saturated heterocycles. The standard InChI is InChI=1S/C19H18ClNO5/c1-24-18(22)11-17(19(23)25-2)21-15-5-3-4-13(10-15)12-26-16-8-6-14(20)7-9-16/h3-11,21H,12H2,1-2H3/b17-11+. The first kappa shape index (κ1) is 19.3. The van der Waals surface area contributed by atoms with E-state index in [-0.39, 0.29) is 5.70 Å². The highest BCUT2D eigenvalue weighted by Gasteiger charge is 2.13. The van der Waals surface area contributed by atoms with Crippen molar-refractivity contribution in [3.05, 3.63) is 70.9 Å². The van der Waals surface area contributed by atoms with E-state index in [4.69, 9.17) is 16.3 Å². The van der Waals surface area contributed by atoms with Crippen molar-refractivity contribution < 1.29 is 23.8 Å². The van der Waals surface area contributed by atoms with Crippen molar-refractivity contribution in [3.63, 3.8) is 0 Å². The second kappa shape index (κ2) is 9.48. The molecule has 0 aliphatic heterocycles. The number of hydrogen-bond acceptors (Lipinski definition) is 6. The number of esters is 2. The van der Waals surface area contributed by atoms with E-state index in [1.165, 1.54) is 14.2 Å². The Morgan fingerprint density at radius 1 is 1.08 bits per heavy atom. The quantitative estimate of drug-likeness (QED) is 0.589. The summed E-state index contributed by atoms with van der Waals surface area (Å²) in [5.74, 6) is -0.660. The number of halogens is 1. The van der Waals surface area contributed by atoms with Gasteiger partial charge in [0.25, 0.3) is 0 Å². The average molecular weight is 376 g/mol. The topological polar surface area (TPSA) is 73.9 Å². The number of ether oxygens (including phenoxy) is 3. The molecule has 0 aromatic heterocycles. The Bertz CT molecular complexity index is 802. The van der Waals surface area contributed by atoms with Gasteiger partial charge in [0.1, 0.15) is 18.1 Å². The molecular weight excluding hydrogens is 358 g/mol. The van der Waals surface area contributed by atoms with E-state index in [9.17, 15) is 9.59 Å². The molecular formula is C19H18ClNO5. The number of hydrogen-bond donors (Lipinski definition) is 1. The minimum Gasteiger partial charge on any atom is -0.489 e. The summed E-state index contributed by atoms with van der Waals surface area (Å²) in [5.41, 5.74) is 1.44. The molecule has 0 spiro atoms. The van der Waals surface area contributed by atoms with Gasteiger partial charge >= 0.3 is 11.9 Å². The first-order valence-corrected chi connectivity index (χ1v) is 8.02. The zero-order valence-electron chi connectivity index (χ0n) is 14.3. The minimum atomic E-state index is -0.682. The van der Waals surface area contributed by atoms with Crippen LogP contribution < -0.4 is 10.1 Å². The third-order valence-corrected chi connectivity index (χ3v) is 3.55. The normalized spacial score (nSPS) is 10.8. The summed E-state index contributed by atoms with van der Waals surface area (Å²) in [4.78, 5) is 23.2. The van der Waals surface area contributed by atoms with Gasteiger partial charge in [-0.15, -0.1) is 0 Å². The number of anilines is 1. The molecule has 0 radical (unpaired) electrons. The summed E-state index contributed by atoms with van der Waals surface area (Å²) >= 11 is 5.84. The van der Waals surface area contributed by atoms with E-state index in [1.807, 2.05) is 6.07 Å². The maximum Gasteiger partial charge on any atom is 0.354 e. The van der Waals surface area contributed by atoms with E-state index < -0.39 is 11.9 Å². The lowest BCUT2D eigenvalue weighted by Gasteiger charge is -2.11. The fourth-order valence-corrected chi connectivity index (χ4v) is 2.15. The molecule has 136 valence electrons. The highest BCUT2D eigenvalue weighted by molar-refractivity contribution is 6.30. The number of nitrogens with one attached hydrogen (secondary N) is 1. The van der Waals surface area contributed by atoms with Gasteiger partial charge in [0.2, 0.25) is 0 Å². The predicted molar refractivity (Wildman–Crippen MR) is 98.0 cm³/mol. The van der Waals surface area contributed by atoms with Crippen LogP contribution in [-0.2, 0) is 25.7 Å². The number of carbonyl (C=O) groups excluding carboxylic acids is 2. The fourth-order valence-electron chi connectivity index (χ4n) is 2.02. The van der Waals surface area contributed by atoms with Crippen LogP contribution in [0.4, 0.5) is 5.69 Å². The molecule has 26 heavy (non-hydrogen) atoms. The van der Waals surface area contributed by atoms with Crippen LogP contribution in [-0.4, -0.2) is 26.2 Å². The molecule has 1 N–H and O–H groups in total. The summed E-state index contributed by atoms with van der Waals surface area (Å²) in [6.07, 6.45) is 1.03. The Hall–Kier alpha value is -2.99. The molecule has 7 heteroatoms. The van der Waals surface area contributed by atoms with Crippen LogP contribution in [0.5, 0.6) is 5.75 Å². The van der Waals surface area contributed by atoms with Gasteiger partial charge in [0, 0.05) is 10.7 Å². The van der Waals surface area contributed by atoms with Crippen molar-refractivity contribution in [1.82, 2.24) is 0 Å². The van der Waals surface area contributed by atoms with Crippen LogP contribution in [0.2, 0.25) is 5.02 Å². The molecule has 0 bridgehead atoms. The number of benzene rings is 2. The van der Waals surface area contributed by atoms with Gasteiger partial charge < -0.3 is 19.5 Å². The van der Waals surface area contributed by atoms with E-state index in [1.54, 1.807) is 42.5 Å². The van der Waals surface area contributed by atoms with Gasteiger partial charge in [-0.2, -0.15) is 0 Å². The lowest BCUT2D eigenvalue weighted by Crippen LogP contribution is -2.15. The largest absolute Gasteiger partial charge is 0.489 e. The van der Waals surface area contributed by atoms with Crippen molar-refractivity contribution in [2.24, 2.45) is 0 Å². The van der Waals surface area contributed by atoms with Crippen molar-refractivity contribution in [3.8, 4) is 5.75 Å².